The zero-order chi connectivity index (χ0) is 19.9. The van der Waals surface area contributed by atoms with E-state index in [1.165, 1.54) is 36.4 Å². The van der Waals surface area contributed by atoms with Gasteiger partial charge in [0.2, 0.25) is 10.0 Å². The molecule has 2 rings (SSSR count). The van der Waals surface area contributed by atoms with Crippen LogP contribution in [-0.2, 0) is 14.8 Å². The molecule has 27 heavy (non-hydrogen) atoms. The number of carbonyl (C=O) groups excluding carboxylic acids is 2. The van der Waals surface area contributed by atoms with E-state index in [0.29, 0.717) is 10.6 Å². The summed E-state index contributed by atoms with van der Waals surface area (Å²) in [5, 5.41) is 8.93. The predicted octanol–water partition coefficient (Wildman–Crippen LogP) is 2.57. The Bertz CT molecular complexity index is 964. The molecule has 0 atom stereocenters. The molecule has 7 nitrogen and oxygen atoms in total. The molecule has 9 heteroatoms. The van der Waals surface area contributed by atoms with Crippen LogP contribution in [-0.4, -0.2) is 33.3 Å². The summed E-state index contributed by atoms with van der Waals surface area (Å²) >= 11 is 5.75. The van der Waals surface area contributed by atoms with Crippen LogP contribution in [0.2, 0.25) is 5.02 Å². The average Bonchev–Trinajstić information content (AvgIpc) is 2.66. The van der Waals surface area contributed by atoms with Crippen molar-refractivity contribution < 1.29 is 22.7 Å². The van der Waals surface area contributed by atoms with E-state index < -0.39 is 22.6 Å². The molecule has 0 aromatic heterocycles. The second kappa shape index (κ2) is 9.28. The summed E-state index contributed by atoms with van der Waals surface area (Å²) in [6.07, 6.45) is 0.0469. The van der Waals surface area contributed by atoms with Crippen LogP contribution in [0.1, 0.15) is 27.1 Å². The highest BCUT2D eigenvalue weighted by Crippen LogP contribution is 2.13. The van der Waals surface area contributed by atoms with E-state index in [-0.39, 0.29) is 29.2 Å². The zero-order valence-electron chi connectivity index (χ0n) is 14.0. The van der Waals surface area contributed by atoms with Gasteiger partial charge in [0, 0.05) is 23.6 Å². The third-order valence-electron chi connectivity index (χ3n) is 3.43. The summed E-state index contributed by atoms with van der Waals surface area (Å²) in [7, 11) is -3.76. The van der Waals surface area contributed by atoms with Gasteiger partial charge in [-0.2, -0.15) is 5.26 Å². The maximum Gasteiger partial charge on any atom is 0.338 e. The van der Waals surface area contributed by atoms with Crippen molar-refractivity contribution in [1.29, 1.82) is 5.26 Å². The highest BCUT2D eigenvalue weighted by Gasteiger charge is 2.16. The number of ketones is 1. The van der Waals surface area contributed by atoms with Gasteiger partial charge in [-0.25, -0.2) is 17.9 Å². The van der Waals surface area contributed by atoms with Gasteiger partial charge >= 0.3 is 5.97 Å². The molecule has 0 spiro atoms. The van der Waals surface area contributed by atoms with Crippen LogP contribution < -0.4 is 4.72 Å². The molecular weight excluding hydrogens is 392 g/mol. The largest absolute Gasteiger partial charge is 0.454 e. The fourth-order valence-corrected chi connectivity index (χ4v) is 3.19. The van der Waals surface area contributed by atoms with E-state index in [9.17, 15) is 18.0 Å². The fraction of sp³-hybridized carbons (Fsp3) is 0.167. The second-order valence-corrected chi connectivity index (χ2v) is 7.54. The van der Waals surface area contributed by atoms with Gasteiger partial charge in [0.1, 0.15) is 0 Å². The van der Waals surface area contributed by atoms with Gasteiger partial charge < -0.3 is 4.74 Å². The number of sulfonamides is 1. The molecule has 0 bridgehead atoms. The molecule has 0 heterocycles. The van der Waals surface area contributed by atoms with Crippen molar-refractivity contribution in [3.8, 4) is 6.07 Å². The standard InChI is InChI=1S/C18H15ClN2O5S/c19-15-6-2-13(3-7-15)17(22)12-26-18(23)14-4-8-16(9-5-14)27(24,25)21-11-1-10-20/h2-9,21H,1,11-12H2. The second-order valence-electron chi connectivity index (χ2n) is 5.34. The van der Waals surface area contributed by atoms with E-state index in [4.69, 9.17) is 21.6 Å². The number of hydrogen-bond donors (Lipinski definition) is 1. The third-order valence-corrected chi connectivity index (χ3v) is 5.16. The first-order valence-electron chi connectivity index (χ1n) is 7.76. The van der Waals surface area contributed by atoms with Gasteiger partial charge in [0.25, 0.3) is 0 Å². The maximum atomic E-state index is 12.0. The van der Waals surface area contributed by atoms with Gasteiger partial charge in [-0.3, -0.25) is 4.79 Å². The molecule has 0 unspecified atom stereocenters. The quantitative estimate of drug-likeness (QED) is 0.409. The van der Waals surface area contributed by atoms with Gasteiger partial charge in [0.05, 0.1) is 16.5 Å². The van der Waals surface area contributed by atoms with Crippen LogP contribution in [0.25, 0.3) is 0 Å². The Kier molecular flexibility index (Phi) is 7.07. The van der Waals surface area contributed by atoms with E-state index in [1.807, 2.05) is 6.07 Å². The van der Waals surface area contributed by atoms with Gasteiger partial charge in [-0.15, -0.1) is 0 Å². The molecule has 0 radical (unpaired) electrons. The molecule has 1 N–H and O–H groups in total. The molecule has 0 fully saturated rings. The smallest absolute Gasteiger partial charge is 0.338 e. The molecule has 0 aliphatic rings. The lowest BCUT2D eigenvalue weighted by atomic mass is 10.1. The summed E-state index contributed by atoms with van der Waals surface area (Å²) in [6.45, 7) is -0.453. The highest BCUT2D eigenvalue weighted by molar-refractivity contribution is 7.89. The lowest BCUT2D eigenvalue weighted by molar-refractivity contribution is 0.0474. The number of nitrogens with zero attached hydrogens (tertiary/aromatic N) is 1. The van der Waals surface area contributed by atoms with Crippen molar-refractivity contribution in [2.45, 2.75) is 11.3 Å². The topological polar surface area (TPSA) is 113 Å². The van der Waals surface area contributed by atoms with Gasteiger partial charge in [-0.1, -0.05) is 11.6 Å². The fourth-order valence-electron chi connectivity index (χ4n) is 2.03. The number of carbonyl (C=O) groups is 2. The van der Waals surface area contributed by atoms with Gasteiger partial charge in [-0.05, 0) is 48.5 Å². The van der Waals surface area contributed by atoms with Crippen LogP contribution in [0, 0.1) is 11.3 Å². The van der Waals surface area contributed by atoms with Crippen molar-refractivity contribution in [2.24, 2.45) is 0 Å². The summed E-state index contributed by atoms with van der Waals surface area (Å²) in [5.41, 5.74) is 0.465. The predicted molar refractivity (Wildman–Crippen MR) is 97.9 cm³/mol. The van der Waals surface area contributed by atoms with Crippen molar-refractivity contribution >= 4 is 33.4 Å². The summed E-state index contributed by atoms with van der Waals surface area (Å²) in [4.78, 5) is 23.9. The summed E-state index contributed by atoms with van der Waals surface area (Å²) < 4.78 is 31.2. The number of halogens is 1. The Labute approximate surface area is 161 Å². The first-order chi connectivity index (χ1) is 12.8. The molecule has 0 saturated heterocycles. The number of ether oxygens (including phenoxy) is 1. The van der Waals surface area contributed by atoms with Crippen LogP contribution in [0.15, 0.2) is 53.4 Å². The molecule has 0 saturated carbocycles. The van der Waals surface area contributed by atoms with Gasteiger partial charge in [0.15, 0.2) is 12.4 Å². The molecule has 2 aromatic carbocycles. The van der Waals surface area contributed by atoms with Crippen molar-refractivity contribution in [2.75, 3.05) is 13.2 Å². The lowest BCUT2D eigenvalue weighted by Gasteiger charge is -2.07. The Morgan fingerprint density at radius 3 is 2.22 bits per heavy atom. The number of nitriles is 1. The lowest BCUT2D eigenvalue weighted by Crippen LogP contribution is -2.24. The van der Waals surface area contributed by atoms with Crippen molar-refractivity contribution in [1.82, 2.24) is 4.72 Å². The Morgan fingerprint density at radius 1 is 1.04 bits per heavy atom. The average molecular weight is 407 g/mol. The molecule has 140 valence electrons. The summed E-state index contributed by atoms with van der Waals surface area (Å²) in [6, 6.07) is 13.0. The van der Waals surface area contributed by atoms with E-state index >= 15 is 0 Å². The van der Waals surface area contributed by atoms with Crippen LogP contribution >= 0.6 is 11.6 Å². The normalized spacial score (nSPS) is 10.8. The Hall–Kier alpha value is -2.73. The van der Waals surface area contributed by atoms with Crippen molar-refractivity contribution in [3.63, 3.8) is 0 Å². The zero-order valence-corrected chi connectivity index (χ0v) is 15.6. The number of hydrogen-bond acceptors (Lipinski definition) is 6. The minimum absolute atomic E-state index is 0.00453. The minimum Gasteiger partial charge on any atom is -0.454 e. The number of nitrogens with one attached hydrogen (secondary N) is 1. The number of rotatable bonds is 8. The molecule has 0 aliphatic heterocycles. The Morgan fingerprint density at radius 2 is 1.63 bits per heavy atom. The van der Waals surface area contributed by atoms with E-state index in [1.54, 1.807) is 12.1 Å². The number of esters is 1. The third kappa shape index (κ3) is 5.89. The van der Waals surface area contributed by atoms with Crippen molar-refractivity contribution in [3.05, 3.63) is 64.7 Å². The number of Topliss-reactive ketones (excluding diaryl/α,β-unsaturated/α-hetero) is 1. The highest BCUT2D eigenvalue weighted by atomic mass is 35.5. The first kappa shape index (κ1) is 20.6. The molecular formula is C18H15ClN2O5S. The monoisotopic (exact) mass is 406 g/mol. The molecule has 0 aliphatic carbocycles. The van der Waals surface area contributed by atoms with Crippen LogP contribution in [0.5, 0.6) is 0 Å². The minimum atomic E-state index is -3.76. The van der Waals surface area contributed by atoms with Crippen LogP contribution in [0.4, 0.5) is 0 Å². The summed E-state index contributed by atoms with van der Waals surface area (Å²) in [5.74, 6) is -1.14. The SMILES string of the molecule is N#CCCNS(=O)(=O)c1ccc(C(=O)OCC(=O)c2ccc(Cl)cc2)cc1. The molecule has 0 amide bonds. The van der Waals surface area contributed by atoms with Crippen LogP contribution in [0.3, 0.4) is 0 Å². The Balaban J connectivity index is 1.96. The first-order valence-corrected chi connectivity index (χ1v) is 9.62. The van der Waals surface area contributed by atoms with E-state index in [0.717, 1.165) is 0 Å². The number of benzene rings is 2. The van der Waals surface area contributed by atoms with E-state index in [2.05, 4.69) is 4.72 Å². The molecule has 2 aromatic rings. The maximum absolute atomic E-state index is 12.0.